The Labute approximate surface area is 184 Å². The van der Waals surface area contributed by atoms with Crippen molar-refractivity contribution in [2.24, 2.45) is 4.40 Å². The molecule has 0 spiro atoms. The molecule has 0 saturated carbocycles. The first-order valence-corrected chi connectivity index (χ1v) is 11.2. The molecule has 12 heteroatoms. The number of aromatic amines is 1. The number of hydrogen-bond acceptors (Lipinski definition) is 7. The zero-order valence-electron chi connectivity index (χ0n) is 15.1. The van der Waals surface area contributed by atoms with Gasteiger partial charge in [-0.25, -0.2) is 9.89 Å². The summed E-state index contributed by atoms with van der Waals surface area (Å²) in [7, 11) is -4.02. The Bertz CT molecular complexity index is 1300. The molecule has 4 rings (SSSR count). The second-order valence-corrected chi connectivity index (χ2v) is 9.12. The van der Waals surface area contributed by atoms with Crippen molar-refractivity contribution in [2.75, 3.05) is 11.9 Å². The molecular formula is C18H14IN5O5S. The zero-order valence-corrected chi connectivity index (χ0v) is 18.1. The lowest BCUT2D eigenvalue weighted by Gasteiger charge is -2.19. The summed E-state index contributed by atoms with van der Waals surface area (Å²) in [5.41, 5.74) is 1.02. The predicted molar refractivity (Wildman–Crippen MR) is 116 cm³/mol. The molecule has 10 nitrogen and oxygen atoms in total. The van der Waals surface area contributed by atoms with E-state index in [0.717, 1.165) is 9.13 Å². The van der Waals surface area contributed by atoms with Crippen molar-refractivity contribution in [2.45, 2.75) is 10.8 Å². The SMILES string of the molecule is O=C(NCC(c1ccccc1)c1n[nH]c(=O)o1)C1=NS(=O)(=O)c2cc(I)ccc2N1. The number of rotatable bonds is 5. The van der Waals surface area contributed by atoms with E-state index in [2.05, 4.69) is 25.2 Å². The fourth-order valence-electron chi connectivity index (χ4n) is 2.93. The number of fused-ring (bicyclic) bond motifs is 1. The fraction of sp³-hybridized carbons (Fsp3) is 0.111. The average molecular weight is 539 g/mol. The Morgan fingerprint density at radius 1 is 1.20 bits per heavy atom. The summed E-state index contributed by atoms with van der Waals surface area (Å²) in [5.74, 6) is -2.25. The van der Waals surface area contributed by atoms with Gasteiger partial charge in [-0.2, -0.15) is 8.42 Å². The minimum Gasteiger partial charge on any atom is -0.392 e. The number of aromatic nitrogens is 2. The summed E-state index contributed by atoms with van der Waals surface area (Å²) in [5, 5.41) is 11.4. The molecule has 1 aliphatic rings. The van der Waals surface area contributed by atoms with Gasteiger partial charge in [-0.3, -0.25) is 4.79 Å². The summed E-state index contributed by atoms with van der Waals surface area (Å²) in [6.45, 7) is -0.00304. The fourth-order valence-corrected chi connectivity index (χ4v) is 4.78. The lowest BCUT2D eigenvalue weighted by molar-refractivity contribution is -0.114. The van der Waals surface area contributed by atoms with Gasteiger partial charge in [0, 0.05) is 10.1 Å². The van der Waals surface area contributed by atoms with Gasteiger partial charge in [0.2, 0.25) is 11.7 Å². The molecule has 1 atom stereocenters. The number of nitrogens with one attached hydrogen (secondary N) is 3. The molecule has 1 aliphatic heterocycles. The molecule has 3 N–H and O–H groups in total. The van der Waals surface area contributed by atoms with Crippen molar-refractivity contribution in [1.29, 1.82) is 0 Å². The zero-order chi connectivity index (χ0) is 21.3. The number of carbonyl (C=O) groups excluding carboxylic acids is 1. The topological polar surface area (TPSA) is 147 Å². The van der Waals surface area contributed by atoms with Gasteiger partial charge < -0.3 is 15.1 Å². The number of amidine groups is 1. The number of hydrogen-bond donors (Lipinski definition) is 3. The van der Waals surface area contributed by atoms with E-state index in [-0.39, 0.29) is 28.9 Å². The van der Waals surface area contributed by atoms with E-state index in [0.29, 0.717) is 0 Å². The number of sulfonamides is 1. The maximum Gasteiger partial charge on any atom is 0.434 e. The van der Waals surface area contributed by atoms with Crippen LogP contribution in [0.4, 0.5) is 5.69 Å². The maximum atomic E-state index is 12.6. The van der Waals surface area contributed by atoms with E-state index in [1.165, 1.54) is 6.07 Å². The second kappa shape index (κ2) is 8.02. The number of benzene rings is 2. The third-order valence-corrected chi connectivity index (χ3v) is 6.31. The summed E-state index contributed by atoms with van der Waals surface area (Å²) in [6.07, 6.45) is 0. The highest BCUT2D eigenvalue weighted by Crippen LogP contribution is 2.29. The van der Waals surface area contributed by atoms with Crippen LogP contribution in [0.5, 0.6) is 0 Å². The van der Waals surface area contributed by atoms with Gasteiger partial charge in [0.1, 0.15) is 4.90 Å². The molecule has 0 radical (unpaired) electrons. The number of carbonyl (C=O) groups is 1. The summed E-state index contributed by atoms with van der Waals surface area (Å²) in [6, 6.07) is 13.8. The van der Waals surface area contributed by atoms with Crippen molar-refractivity contribution in [1.82, 2.24) is 15.5 Å². The Balaban J connectivity index is 1.57. The number of halogens is 1. The van der Waals surface area contributed by atoms with Gasteiger partial charge in [0.05, 0.1) is 11.6 Å². The predicted octanol–water partition coefficient (Wildman–Crippen LogP) is 1.43. The van der Waals surface area contributed by atoms with Crippen LogP contribution < -0.4 is 16.4 Å². The standard InChI is InChI=1S/C18H14IN5O5S/c19-11-6-7-13-14(8-11)30(27,28)24-15(21-13)16(25)20-9-12(10-4-2-1-3-5-10)17-22-23-18(26)29-17/h1-8,12H,9H2,(H,20,25)(H,21,24)(H,23,26). The van der Waals surface area contributed by atoms with E-state index in [9.17, 15) is 18.0 Å². The van der Waals surface area contributed by atoms with E-state index in [4.69, 9.17) is 4.42 Å². The normalized spacial score (nSPS) is 15.4. The molecule has 0 saturated heterocycles. The van der Waals surface area contributed by atoms with Crippen LogP contribution in [-0.2, 0) is 14.8 Å². The Hall–Kier alpha value is -3.00. The Kier molecular flexibility index (Phi) is 5.42. The molecule has 0 fully saturated rings. The van der Waals surface area contributed by atoms with Crippen molar-refractivity contribution in [3.8, 4) is 0 Å². The van der Waals surface area contributed by atoms with Gasteiger partial charge in [-0.1, -0.05) is 30.3 Å². The largest absolute Gasteiger partial charge is 0.434 e. The molecule has 154 valence electrons. The van der Waals surface area contributed by atoms with Crippen LogP contribution in [0.15, 0.2) is 67.0 Å². The molecule has 3 aromatic rings. The number of H-pyrrole nitrogens is 1. The number of amides is 1. The molecule has 1 aromatic heterocycles. The first-order valence-electron chi connectivity index (χ1n) is 8.63. The molecule has 1 unspecified atom stereocenters. The third-order valence-electron chi connectivity index (χ3n) is 4.32. The molecule has 1 amide bonds. The molecule has 0 bridgehead atoms. The molecular weight excluding hydrogens is 525 g/mol. The van der Waals surface area contributed by atoms with E-state index in [1.54, 1.807) is 36.4 Å². The van der Waals surface area contributed by atoms with Crippen LogP contribution in [0.3, 0.4) is 0 Å². The van der Waals surface area contributed by atoms with Crippen molar-refractivity contribution < 1.29 is 17.6 Å². The van der Waals surface area contributed by atoms with Crippen LogP contribution in [-0.4, -0.2) is 36.9 Å². The lowest BCUT2D eigenvalue weighted by Crippen LogP contribution is -2.40. The average Bonchev–Trinajstić information content (AvgIpc) is 3.15. The molecule has 0 aliphatic carbocycles. The van der Waals surface area contributed by atoms with E-state index >= 15 is 0 Å². The summed E-state index contributed by atoms with van der Waals surface area (Å²) >= 11 is 1.99. The summed E-state index contributed by atoms with van der Waals surface area (Å²) < 4.78 is 34.3. The summed E-state index contributed by atoms with van der Waals surface area (Å²) in [4.78, 5) is 24.0. The quantitative estimate of drug-likeness (QED) is 0.416. The van der Waals surface area contributed by atoms with Crippen LogP contribution >= 0.6 is 22.6 Å². The van der Waals surface area contributed by atoms with Crippen LogP contribution in [0.2, 0.25) is 0 Å². The van der Waals surface area contributed by atoms with Crippen molar-refractivity contribution >= 4 is 50.0 Å². The highest BCUT2D eigenvalue weighted by Gasteiger charge is 2.29. The van der Waals surface area contributed by atoms with Crippen molar-refractivity contribution in [3.05, 3.63) is 74.1 Å². The van der Waals surface area contributed by atoms with Crippen LogP contribution in [0.1, 0.15) is 17.4 Å². The molecule has 2 heterocycles. The molecule has 2 aromatic carbocycles. The number of anilines is 1. The second-order valence-electron chi connectivity index (χ2n) is 6.31. The van der Waals surface area contributed by atoms with Crippen molar-refractivity contribution in [3.63, 3.8) is 0 Å². The highest BCUT2D eigenvalue weighted by molar-refractivity contribution is 14.1. The number of nitrogens with zero attached hydrogens (tertiary/aromatic N) is 2. The van der Waals surface area contributed by atoms with Gasteiger partial charge >= 0.3 is 5.76 Å². The minimum absolute atomic E-state index is 0.00304. The highest BCUT2D eigenvalue weighted by atomic mass is 127. The first-order chi connectivity index (χ1) is 14.3. The maximum absolute atomic E-state index is 12.6. The van der Waals surface area contributed by atoms with E-state index in [1.807, 2.05) is 28.7 Å². The van der Waals surface area contributed by atoms with Crippen LogP contribution in [0, 0.1) is 3.57 Å². The molecule has 30 heavy (non-hydrogen) atoms. The van der Waals surface area contributed by atoms with Gasteiger partial charge in [0.25, 0.3) is 15.9 Å². The smallest absolute Gasteiger partial charge is 0.392 e. The van der Waals surface area contributed by atoms with Gasteiger partial charge in [-0.15, -0.1) is 9.50 Å². The first kappa shape index (κ1) is 20.3. The van der Waals surface area contributed by atoms with Gasteiger partial charge in [-0.05, 0) is 46.4 Å². The lowest BCUT2D eigenvalue weighted by atomic mass is 9.99. The van der Waals surface area contributed by atoms with Gasteiger partial charge in [0.15, 0.2) is 0 Å². The minimum atomic E-state index is -4.02. The Morgan fingerprint density at radius 2 is 1.97 bits per heavy atom. The van der Waals surface area contributed by atoms with Crippen LogP contribution in [0.25, 0.3) is 0 Å². The van der Waals surface area contributed by atoms with E-state index < -0.39 is 27.6 Å². The Morgan fingerprint density at radius 3 is 2.67 bits per heavy atom. The third kappa shape index (κ3) is 4.14. The monoisotopic (exact) mass is 539 g/mol.